The minimum atomic E-state index is -0.546. The normalized spacial score (nSPS) is 11.9. The lowest BCUT2D eigenvalue weighted by Crippen LogP contribution is -2.27. The van der Waals surface area contributed by atoms with E-state index in [-0.39, 0.29) is 11.0 Å². The molecule has 6 rings (SSSR count). The van der Waals surface area contributed by atoms with Crippen molar-refractivity contribution in [3.05, 3.63) is 123 Å². The lowest BCUT2D eigenvalue weighted by atomic mass is 10.1. The first-order chi connectivity index (χ1) is 19.0. The maximum atomic E-state index is 14.2. The maximum absolute atomic E-state index is 14.2. The summed E-state index contributed by atoms with van der Waals surface area (Å²) in [5.41, 5.74) is 0.972. The zero-order valence-electron chi connectivity index (χ0n) is 20.6. The first-order valence-electron chi connectivity index (χ1n) is 12.1. The molecular weight excluding hydrogens is 516 g/mol. The van der Waals surface area contributed by atoms with Crippen LogP contribution in [0.5, 0.6) is 11.5 Å². The summed E-state index contributed by atoms with van der Waals surface area (Å²) in [6.07, 6.45) is 6.11. The van der Waals surface area contributed by atoms with Gasteiger partial charge < -0.3 is 15.0 Å². The van der Waals surface area contributed by atoms with Crippen molar-refractivity contribution in [1.82, 2.24) is 24.5 Å². The third kappa shape index (κ3) is 4.38. The third-order valence-corrected chi connectivity index (χ3v) is 6.73. The van der Waals surface area contributed by atoms with Crippen LogP contribution < -0.4 is 21.0 Å². The largest absolute Gasteiger partial charge is 0.455 e. The highest BCUT2D eigenvalue weighted by molar-refractivity contribution is 6.36. The van der Waals surface area contributed by atoms with Crippen LogP contribution in [0.15, 0.2) is 101 Å². The quantitative estimate of drug-likeness (QED) is 0.283. The second-order valence-electron chi connectivity index (χ2n) is 8.80. The molecule has 1 atom stereocenters. The van der Waals surface area contributed by atoms with Crippen LogP contribution in [-0.4, -0.2) is 24.5 Å². The molecule has 192 valence electrons. The number of pyridine rings is 3. The average Bonchev–Trinajstić information content (AvgIpc) is 2.96. The molecule has 0 aliphatic rings. The van der Waals surface area contributed by atoms with Crippen molar-refractivity contribution in [1.29, 1.82) is 0 Å². The molecule has 0 amide bonds. The molecule has 0 aliphatic carbocycles. The van der Waals surface area contributed by atoms with Gasteiger partial charge in [0.15, 0.2) is 5.43 Å². The Morgan fingerprint density at radius 1 is 0.974 bits per heavy atom. The predicted molar refractivity (Wildman–Crippen MR) is 151 cm³/mol. The van der Waals surface area contributed by atoms with Crippen molar-refractivity contribution in [3.8, 4) is 17.2 Å². The zero-order valence-corrected chi connectivity index (χ0v) is 21.4. The number of nitrogens with zero attached hydrogens (tertiary/aromatic N) is 4. The van der Waals surface area contributed by atoms with Crippen molar-refractivity contribution in [3.63, 3.8) is 0 Å². The SMILES string of the molecule is C[C@H](Nc1ncnc2[nH]ccc(=O)c12)c1c(Cl)c2cccc(Oc3cccnc3)c2c(=O)n1-c1ccccc1. The van der Waals surface area contributed by atoms with Gasteiger partial charge in [0.25, 0.3) is 5.56 Å². The minimum Gasteiger partial charge on any atom is -0.455 e. The Balaban J connectivity index is 1.57. The molecule has 2 aromatic carbocycles. The van der Waals surface area contributed by atoms with E-state index >= 15 is 0 Å². The summed E-state index contributed by atoms with van der Waals surface area (Å²) in [4.78, 5) is 42.4. The van der Waals surface area contributed by atoms with Crippen molar-refractivity contribution >= 4 is 39.2 Å². The first kappa shape index (κ1) is 24.3. The van der Waals surface area contributed by atoms with E-state index in [0.29, 0.717) is 55.5 Å². The van der Waals surface area contributed by atoms with Gasteiger partial charge in [-0.05, 0) is 37.3 Å². The number of para-hydroxylation sites is 1. The number of hydrogen-bond acceptors (Lipinski definition) is 7. The van der Waals surface area contributed by atoms with E-state index in [1.807, 2.05) is 37.3 Å². The summed E-state index contributed by atoms with van der Waals surface area (Å²) < 4.78 is 7.63. The van der Waals surface area contributed by atoms with Crippen molar-refractivity contribution in [2.45, 2.75) is 13.0 Å². The number of nitrogens with one attached hydrogen (secondary N) is 2. The van der Waals surface area contributed by atoms with Gasteiger partial charge in [-0.1, -0.05) is 41.9 Å². The number of rotatable bonds is 6. The molecule has 0 bridgehead atoms. The Labute approximate surface area is 226 Å². The molecule has 2 N–H and O–H groups in total. The van der Waals surface area contributed by atoms with Gasteiger partial charge in [0.2, 0.25) is 0 Å². The van der Waals surface area contributed by atoms with Crippen molar-refractivity contribution in [2.75, 3.05) is 5.32 Å². The number of benzene rings is 2. The van der Waals surface area contributed by atoms with Gasteiger partial charge in [0.1, 0.15) is 34.7 Å². The van der Waals surface area contributed by atoms with Crippen LogP contribution in [0.3, 0.4) is 0 Å². The molecule has 4 heterocycles. The minimum absolute atomic E-state index is 0.235. The smallest absolute Gasteiger partial charge is 0.267 e. The van der Waals surface area contributed by atoms with E-state index < -0.39 is 6.04 Å². The lowest BCUT2D eigenvalue weighted by molar-refractivity contribution is 0.485. The van der Waals surface area contributed by atoms with E-state index in [1.165, 1.54) is 18.6 Å². The highest BCUT2D eigenvalue weighted by Gasteiger charge is 2.24. The number of ether oxygens (including phenoxy) is 1. The number of hydrogen-bond donors (Lipinski definition) is 2. The van der Waals surface area contributed by atoms with Crippen LogP contribution >= 0.6 is 11.6 Å². The van der Waals surface area contributed by atoms with Gasteiger partial charge >= 0.3 is 0 Å². The number of anilines is 1. The van der Waals surface area contributed by atoms with Crippen LogP contribution in [0.4, 0.5) is 5.82 Å². The number of H-pyrrole nitrogens is 1. The van der Waals surface area contributed by atoms with E-state index in [1.54, 1.807) is 47.3 Å². The molecule has 0 spiro atoms. The summed E-state index contributed by atoms with van der Waals surface area (Å²) in [5, 5.41) is 4.81. The number of aromatic amines is 1. The van der Waals surface area contributed by atoms with Crippen LogP contribution in [0, 0.1) is 0 Å². The van der Waals surface area contributed by atoms with Gasteiger partial charge in [0, 0.05) is 29.5 Å². The standard InChI is InChI=1S/C29H21ClN6O3/c1-17(35-28-24-21(37)12-14-32-27(24)33-16-34-28)26-25(30)20-10-5-11-22(39-19-9-6-13-31-15-19)23(20)29(38)36(26)18-7-3-2-4-8-18/h2-17H,1H3,(H2,32,33,34,35,37)/t17-/m0/s1. The Morgan fingerprint density at radius 2 is 1.82 bits per heavy atom. The summed E-state index contributed by atoms with van der Waals surface area (Å²) in [7, 11) is 0. The number of aromatic nitrogens is 5. The molecule has 0 fully saturated rings. The molecule has 0 unspecified atom stereocenters. The van der Waals surface area contributed by atoms with Crippen LogP contribution in [0.1, 0.15) is 18.7 Å². The molecular formula is C29H21ClN6O3. The molecule has 4 aromatic heterocycles. The van der Waals surface area contributed by atoms with E-state index in [2.05, 4.69) is 25.3 Å². The molecule has 0 aliphatic heterocycles. The van der Waals surface area contributed by atoms with Gasteiger partial charge in [-0.15, -0.1) is 0 Å². The summed E-state index contributed by atoms with van der Waals surface area (Å²) in [5.74, 6) is 1.18. The fourth-order valence-electron chi connectivity index (χ4n) is 4.62. The lowest BCUT2D eigenvalue weighted by Gasteiger charge is -2.24. The highest BCUT2D eigenvalue weighted by Crippen LogP contribution is 2.37. The summed E-state index contributed by atoms with van der Waals surface area (Å²) >= 11 is 7.09. The molecule has 0 radical (unpaired) electrons. The molecule has 10 heteroatoms. The topological polar surface area (TPSA) is 115 Å². The van der Waals surface area contributed by atoms with Crippen LogP contribution in [0.25, 0.3) is 27.5 Å². The fraction of sp³-hybridized carbons (Fsp3) is 0.0690. The Kier molecular flexibility index (Phi) is 6.26. The Morgan fingerprint density at radius 3 is 2.62 bits per heavy atom. The van der Waals surface area contributed by atoms with E-state index in [4.69, 9.17) is 16.3 Å². The molecule has 9 nitrogen and oxygen atoms in total. The fourth-order valence-corrected chi connectivity index (χ4v) is 5.03. The second-order valence-corrected chi connectivity index (χ2v) is 9.18. The summed E-state index contributed by atoms with van der Waals surface area (Å²) in [6.45, 7) is 1.85. The maximum Gasteiger partial charge on any atom is 0.267 e. The number of halogens is 1. The second kappa shape index (κ2) is 10.0. The van der Waals surface area contributed by atoms with Crippen LogP contribution in [0.2, 0.25) is 5.02 Å². The Bertz CT molecular complexity index is 1940. The Hall–Kier alpha value is -5.02. The van der Waals surface area contributed by atoms with Crippen LogP contribution in [-0.2, 0) is 0 Å². The predicted octanol–water partition coefficient (Wildman–Crippen LogP) is 5.64. The molecule has 6 aromatic rings. The summed E-state index contributed by atoms with van der Waals surface area (Å²) in [6, 6.07) is 18.9. The molecule has 0 saturated heterocycles. The van der Waals surface area contributed by atoms with E-state index in [0.717, 1.165) is 0 Å². The third-order valence-electron chi connectivity index (χ3n) is 6.33. The monoisotopic (exact) mass is 536 g/mol. The molecule has 0 saturated carbocycles. The van der Waals surface area contributed by atoms with Gasteiger partial charge in [-0.25, -0.2) is 9.97 Å². The number of fused-ring (bicyclic) bond motifs is 2. The molecule has 39 heavy (non-hydrogen) atoms. The van der Waals surface area contributed by atoms with Gasteiger partial charge in [-0.3, -0.25) is 19.1 Å². The van der Waals surface area contributed by atoms with Crippen molar-refractivity contribution in [2.24, 2.45) is 0 Å². The van der Waals surface area contributed by atoms with E-state index in [9.17, 15) is 9.59 Å². The first-order valence-corrected chi connectivity index (χ1v) is 12.5. The van der Waals surface area contributed by atoms with Gasteiger partial charge in [-0.2, -0.15) is 0 Å². The highest BCUT2D eigenvalue weighted by atomic mass is 35.5. The average molecular weight is 537 g/mol. The zero-order chi connectivity index (χ0) is 26.9. The van der Waals surface area contributed by atoms with Crippen molar-refractivity contribution < 1.29 is 4.74 Å². The van der Waals surface area contributed by atoms with Gasteiger partial charge in [0.05, 0.1) is 28.3 Å².